The van der Waals surface area contributed by atoms with E-state index in [1.807, 2.05) is 26.0 Å². The van der Waals surface area contributed by atoms with Gasteiger partial charge in [-0.25, -0.2) is 0 Å². The van der Waals surface area contributed by atoms with Crippen LogP contribution in [0.5, 0.6) is 5.75 Å². The molecule has 1 aliphatic heterocycles. The van der Waals surface area contributed by atoms with Crippen molar-refractivity contribution in [3.05, 3.63) is 24.3 Å². The van der Waals surface area contributed by atoms with Crippen LogP contribution in [-0.2, 0) is 4.74 Å². The Labute approximate surface area is 128 Å². The number of rotatable bonds is 4. The molecule has 1 saturated carbocycles. The number of hydrogen-bond acceptors (Lipinski definition) is 3. The Morgan fingerprint density at radius 1 is 1.24 bits per heavy atom. The van der Waals surface area contributed by atoms with Crippen LogP contribution < -0.4 is 10.1 Å². The summed E-state index contributed by atoms with van der Waals surface area (Å²) in [5.41, 5.74) is 1.38. The molecule has 116 valence electrons. The number of benzene rings is 1. The first-order valence-corrected chi connectivity index (χ1v) is 8.13. The van der Waals surface area contributed by atoms with E-state index in [4.69, 9.17) is 9.47 Å². The van der Waals surface area contributed by atoms with E-state index in [1.165, 1.54) is 18.5 Å². The molecule has 1 aliphatic carbocycles. The third-order valence-electron chi connectivity index (χ3n) is 4.88. The molecule has 1 N–H and O–H groups in total. The van der Waals surface area contributed by atoms with E-state index in [0.29, 0.717) is 18.1 Å². The maximum absolute atomic E-state index is 5.96. The normalized spacial score (nSPS) is 30.4. The van der Waals surface area contributed by atoms with Crippen molar-refractivity contribution in [3.8, 4) is 5.75 Å². The van der Waals surface area contributed by atoms with E-state index >= 15 is 0 Å². The van der Waals surface area contributed by atoms with Crippen molar-refractivity contribution < 1.29 is 9.47 Å². The van der Waals surface area contributed by atoms with Gasteiger partial charge in [-0.15, -0.1) is 0 Å². The van der Waals surface area contributed by atoms with Crippen LogP contribution in [0.25, 0.3) is 0 Å². The maximum atomic E-state index is 5.96. The lowest BCUT2D eigenvalue weighted by molar-refractivity contribution is -0.177. The molecule has 0 bridgehead atoms. The average Bonchev–Trinajstić information content (AvgIpc) is 2.46. The summed E-state index contributed by atoms with van der Waals surface area (Å²) >= 11 is 0. The van der Waals surface area contributed by atoms with Crippen molar-refractivity contribution >= 4 is 5.69 Å². The number of fused-ring (bicyclic) bond motifs is 1. The molecular formula is C18H27NO2. The fourth-order valence-corrected chi connectivity index (χ4v) is 3.90. The summed E-state index contributed by atoms with van der Waals surface area (Å²) in [6.07, 6.45) is 3.11. The molecule has 2 fully saturated rings. The van der Waals surface area contributed by atoms with Crippen LogP contribution in [0, 0.1) is 11.3 Å². The van der Waals surface area contributed by atoms with Crippen LogP contribution in [0.3, 0.4) is 0 Å². The van der Waals surface area contributed by atoms with Crippen molar-refractivity contribution in [1.29, 1.82) is 0 Å². The molecule has 1 saturated heterocycles. The second-order valence-electron chi connectivity index (χ2n) is 7.23. The molecule has 2 aliphatic rings. The topological polar surface area (TPSA) is 30.5 Å². The molecule has 0 amide bonds. The van der Waals surface area contributed by atoms with Gasteiger partial charge in [-0.3, -0.25) is 0 Å². The van der Waals surface area contributed by atoms with Gasteiger partial charge >= 0.3 is 0 Å². The molecule has 3 unspecified atom stereocenters. The Hall–Kier alpha value is -1.22. The summed E-state index contributed by atoms with van der Waals surface area (Å²) in [5, 5.41) is 3.71. The zero-order valence-electron chi connectivity index (χ0n) is 13.6. The average molecular weight is 289 g/mol. The smallest absolute Gasteiger partial charge is 0.119 e. The van der Waals surface area contributed by atoms with E-state index in [9.17, 15) is 0 Å². The highest BCUT2D eigenvalue weighted by molar-refractivity contribution is 5.48. The van der Waals surface area contributed by atoms with Gasteiger partial charge in [-0.05, 0) is 51.0 Å². The minimum Gasteiger partial charge on any atom is -0.491 e. The number of ether oxygens (including phenoxy) is 2. The lowest BCUT2D eigenvalue weighted by atomic mass is 9.55. The zero-order chi connectivity index (χ0) is 15.0. The highest BCUT2D eigenvalue weighted by Gasteiger charge is 2.57. The second-order valence-corrected chi connectivity index (χ2v) is 7.23. The maximum Gasteiger partial charge on any atom is 0.119 e. The molecule has 0 radical (unpaired) electrons. The Kier molecular flexibility index (Phi) is 3.87. The lowest BCUT2D eigenvalue weighted by Gasteiger charge is -2.60. The van der Waals surface area contributed by atoms with Gasteiger partial charge in [0.2, 0.25) is 0 Å². The van der Waals surface area contributed by atoms with E-state index < -0.39 is 0 Å². The summed E-state index contributed by atoms with van der Waals surface area (Å²) in [4.78, 5) is 0. The minimum absolute atomic E-state index is 0.207. The van der Waals surface area contributed by atoms with Gasteiger partial charge in [0.1, 0.15) is 5.75 Å². The molecule has 3 heteroatoms. The quantitative estimate of drug-likeness (QED) is 0.905. The third kappa shape index (κ3) is 2.76. The first kappa shape index (κ1) is 14.7. The molecule has 1 aromatic carbocycles. The van der Waals surface area contributed by atoms with Crippen molar-refractivity contribution in [3.63, 3.8) is 0 Å². The van der Waals surface area contributed by atoms with E-state index in [0.717, 1.165) is 12.4 Å². The van der Waals surface area contributed by atoms with Crippen LogP contribution in [0.2, 0.25) is 0 Å². The fraction of sp³-hybridized carbons (Fsp3) is 0.667. The van der Waals surface area contributed by atoms with Gasteiger partial charge in [0.15, 0.2) is 0 Å². The van der Waals surface area contributed by atoms with Crippen LogP contribution in [0.4, 0.5) is 5.69 Å². The summed E-state index contributed by atoms with van der Waals surface area (Å²) in [6, 6.07) is 8.82. The summed E-state index contributed by atoms with van der Waals surface area (Å²) < 4.78 is 11.7. The number of anilines is 1. The van der Waals surface area contributed by atoms with Crippen LogP contribution >= 0.6 is 0 Å². The van der Waals surface area contributed by atoms with Crippen molar-refractivity contribution in [2.24, 2.45) is 11.3 Å². The molecule has 0 aromatic heterocycles. The van der Waals surface area contributed by atoms with Gasteiger partial charge in [0.05, 0.1) is 12.2 Å². The first-order chi connectivity index (χ1) is 9.98. The van der Waals surface area contributed by atoms with Crippen molar-refractivity contribution in [2.75, 3.05) is 11.9 Å². The summed E-state index contributed by atoms with van der Waals surface area (Å²) in [5.74, 6) is 1.59. The molecule has 1 heterocycles. The summed E-state index contributed by atoms with van der Waals surface area (Å²) in [6.45, 7) is 9.65. The largest absolute Gasteiger partial charge is 0.491 e. The van der Waals surface area contributed by atoms with E-state index in [2.05, 4.69) is 31.3 Å². The van der Waals surface area contributed by atoms with E-state index in [-0.39, 0.29) is 11.5 Å². The zero-order valence-corrected chi connectivity index (χ0v) is 13.6. The Bertz CT molecular complexity index is 480. The lowest BCUT2D eigenvalue weighted by Crippen LogP contribution is -2.67. The Morgan fingerprint density at radius 2 is 1.95 bits per heavy atom. The highest BCUT2D eigenvalue weighted by atomic mass is 16.5. The minimum atomic E-state index is 0.207. The Balaban J connectivity index is 1.66. The van der Waals surface area contributed by atoms with Gasteiger partial charge in [0.25, 0.3) is 0 Å². The van der Waals surface area contributed by atoms with Crippen LogP contribution in [-0.4, -0.2) is 24.9 Å². The summed E-state index contributed by atoms with van der Waals surface area (Å²) in [7, 11) is 0. The molecule has 3 rings (SSSR count). The van der Waals surface area contributed by atoms with Gasteiger partial charge in [-0.2, -0.15) is 0 Å². The second kappa shape index (κ2) is 5.53. The number of nitrogens with one attached hydrogen (secondary N) is 1. The first-order valence-electron chi connectivity index (χ1n) is 8.13. The van der Waals surface area contributed by atoms with E-state index in [1.54, 1.807) is 0 Å². The standard InChI is InChI=1S/C18H27NO2/c1-12(2)21-14-9-7-13(8-10-14)19-16-15-6-5-11-20-17(15)18(16,3)4/h7-10,12,15-17,19H,5-6,11H2,1-4H3. The van der Waals surface area contributed by atoms with Crippen molar-refractivity contribution in [1.82, 2.24) is 0 Å². The SMILES string of the molecule is CC(C)Oc1ccc(NC2C3CCCOC3C2(C)C)cc1. The predicted molar refractivity (Wildman–Crippen MR) is 85.9 cm³/mol. The number of hydrogen-bond donors (Lipinski definition) is 1. The monoisotopic (exact) mass is 289 g/mol. The Morgan fingerprint density at radius 3 is 2.62 bits per heavy atom. The highest BCUT2D eigenvalue weighted by Crippen LogP contribution is 2.52. The predicted octanol–water partition coefficient (Wildman–Crippen LogP) is 4.09. The molecule has 0 spiro atoms. The molecule has 1 aromatic rings. The van der Waals surface area contributed by atoms with Crippen molar-refractivity contribution in [2.45, 2.75) is 58.8 Å². The molecular weight excluding hydrogens is 262 g/mol. The molecule has 3 atom stereocenters. The van der Waals surface area contributed by atoms with Gasteiger partial charge in [0, 0.05) is 29.7 Å². The van der Waals surface area contributed by atoms with Gasteiger partial charge in [-0.1, -0.05) is 13.8 Å². The van der Waals surface area contributed by atoms with Crippen LogP contribution in [0.15, 0.2) is 24.3 Å². The molecule has 3 nitrogen and oxygen atoms in total. The van der Waals surface area contributed by atoms with Crippen LogP contribution in [0.1, 0.15) is 40.5 Å². The van der Waals surface area contributed by atoms with Gasteiger partial charge < -0.3 is 14.8 Å². The third-order valence-corrected chi connectivity index (χ3v) is 4.88. The molecule has 21 heavy (non-hydrogen) atoms. The fourth-order valence-electron chi connectivity index (χ4n) is 3.90.